The minimum Gasteiger partial charge on any atom is -0.444 e. The van der Waals surface area contributed by atoms with Crippen LogP contribution in [0, 0.1) is 0 Å². The van der Waals surface area contributed by atoms with Gasteiger partial charge in [0.25, 0.3) is 0 Å². The van der Waals surface area contributed by atoms with E-state index in [0.29, 0.717) is 5.58 Å². The number of aromatic nitrogens is 1. The molecule has 0 aliphatic heterocycles. The number of rotatable bonds is 7. The number of benzene rings is 2. The number of carbonyl (C=O) groups is 2. The summed E-state index contributed by atoms with van der Waals surface area (Å²) >= 11 is 0. The van der Waals surface area contributed by atoms with Crippen molar-refractivity contribution >= 4 is 33.9 Å². The molecule has 0 bridgehead atoms. The number of aryl methyl sites for hydroxylation is 1. The molecule has 4 rings (SSSR count). The zero-order chi connectivity index (χ0) is 25.9. The molecule has 0 aliphatic rings. The van der Waals surface area contributed by atoms with Crippen molar-refractivity contribution in [2.75, 3.05) is 0 Å². The van der Waals surface area contributed by atoms with Crippen molar-refractivity contribution in [3.8, 4) is 5.75 Å². The Morgan fingerprint density at radius 1 is 1.06 bits per heavy atom. The van der Waals surface area contributed by atoms with E-state index in [-0.39, 0.29) is 12.2 Å². The lowest BCUT2D eigenvalue weighted by molar-refractivity contribution is -0.136. The van der Waals surface area contributed by atoms with Crippen LogP contribution in [0.5, 0.6) is 5.75 Å². The van der Waals surface area contributed by atoms with E-state index in [1.807, 2.05) is 37.4 Å². The smallest absolute Gasteiger partial charge is 0.408 e. The third-order valence-corrected chi connectivity index (χ3v) is 5.61. The molecule has 2 heterocycles. The Morgan fingerprint density at radius 3 is 2.58 bits per heavy atom. The van der Waals surface area contributed by atoms with Crippen LogP contribution in [0.3, 0.4) is 0 Å². The molecule has 0 fully saturated rings. The van der Waals surface area contributed by atoms with E-state index in [0.717, 1.165) is 40.3 Å². The molecule has 0 unspecified atom stereocenters. The van der Waals surface area contributed by atoms with E-state index in [2.05, 4.69) is 10.3 Å². The number of ether oxygens (including phenoxy) is 2. The van der Waals surface area contributed by atoms with Gasteiger partial charge >= 0.3 is 17.7 Å². The van der Waals surface area contributed by atoms with Crippen LogP contribution in [0.15, 0.2) is 63.9 Å². The van der Waals surface area contributed by atoms with Gasteiger partial charge in [-0.25, -0.2) is 14.4 Å². The molecule has 0 saturated carbocycles. The molecule has 2 N–H and O–H groups in total. The van der Waals surface area contributed by atoms with Gasteiger partial charge in [0.05, 0.1) is 0 Å². The Labute approximate surface area is 208 Å². The van der Waals surface area contributed by atoms with E-state index < -0.39 is 29.3 Å². The van der Waals surface area contributed by atoms with Crippen LogP contribution in [-0.4, -0.2) is 28.7 Å². The van der Waals surface area contributed by atoms with Gasteiger partial charge in [-0.3, -0.25) is 0 Å². The van der Waals surface area contributed by atoms with Crippen LogP contribution < -0.4 is 15.7 Å². The predicted molar refractivity (Wildman–Crippen MR) is 137 cm³/mol. The fourth-order valence-corrected chi connectivity index (χ4v) is 4.10. The maximum atomic E-state index is 13.3. The average Bonchev–Trinajstić information content (AvgIpc) is 3.20. The van der Waals surface area contributed by atoms with Crippen LogP contribution in [-0.2, 0) is 22.4 Å². The highest BCUT2D eigenvalue weighted by Gasteiger charge is 2.27. The molecule has 36 heavy (non-hydrogen) atoms. The van der Waals surface area contributed by atoms with Gasteiger partial charge in [0.15, 0.2) is 0 Å². The number of aromatic amines is 1. The number of alkyl carbamates (subject to hydrolysis) is 1. The normalized spacial score (nSPS) is 12.4. The Kier molecular flexibility index (Phi) is 7.15. The number of para-hydroxylation sites is 1. The lowest BCUT2D eigenvalue weighted by Gasteiger charge is -2.23. The monoisotopic (exact) mass is 490 g/mol. The molecule has 1 amide bonds. The fraction of sp³-hybridized carbons (Fsp3) is 0.321. The molecule has 2 aromatic heterocycles. The van der Waals surface area contributed by atoms with Gasteiger partial charge in [0, 0.05) is 41.0 Å². The van der Waals surface area contributed by atoms with Gasteiger partial charge in [-0.2, -0.15) is 0 Å². The van der Waals surface area contributed by atoms with E-state index in [1.54, 1.807) is 32.9 Å². The van der Waals surface area contributed by atoms with Crippen molar-refractivity contribution < 1.29 is 23.5 Å². The van der Waals surface area contributed by atoms with Crippen molar-refractivity contribution in [1.29, 1.82) is 0 Å². The summed E-state index contributed by atoms with van der Waals surface area (Å²) in [6, 6.07) is 13.1. The van der Waals surface area contributed by atoms with Crippen molar-refractivity contribution in [2.45, 2.75) is 58.6 Å². The standard InChI is InChI=1S/C28H30N2O6/c1-5-8-17-14-25(31)35-24-15-19(11-12-21(17)24)34-26(32)23(30-27(33)36-28(2,3)4)13-18-16-29-22-10-7-6-9-20(18)22/h6-7,9-12,14-16,23,29H,5,8,13H2,1-4H3,(H,30,33)/t23-/m1/s1. The van der Waals surface area contributed by atoms with Crippen LogP contribution >= 0.6 is 0 Å². The summed E-state index contributed by atoms with van der Waals surface area (Å²) in [6.45, 7) is 7.27. The molecule has 8 heteroatoms. The van der Waals surface area contributed by atoms with Crippen LogP contribution in [0.2, 0.25) is 0 Å². The average molecular weight is 491 g/mol. The number of carbonyl (C=O) groups excluding carboxylic acids is 2. The summed E-state index contributed by atoms with van der Waals surface area (Å²) in [5.74, 6) is -0.461. The Bertz CT molecular complexity index is 1460. The number of fused-ring (bicyclic) bond motifs is 2. The van der Waals surface area contributed by atoms with Gasteiger partial charge in [0.1, 0.15) is 23.0 Å². The van der Waals surface area contributed by atoms with Crippen LogP contribution in [0.1, 0.15) is 45.2 Å². The maximum absolute atomic E-state index is 13.3. The summed E-state index contributed by atoms with van der Waals surface area (Å²) < 4.78 is 16.3. The molecule has 4 aromatic rings. The summed E-state index contributed by atoms with van der Waals surface area (Å²) in [5.41, 5.74) is 1.79. The summed E-state index contributed by atoms with van der Waals surface area (Å²) in [5, 5.41) is 4.38. The number of amides is 1. The van der Waals surface area contributed by atoms with Crippen LogP contribution in [0.4, 0.5) is 4.79 Å². The molecule has 8 nitrogen and oxygen atoms in total. The number of hydrogen-bond acceptors (Lipinski definition) is 6. The minimum atomic E-state index is -1.02. The topological polar surface area (TPSA) is 111 Å². The third-order valence-electron chi connectivity index (χ3n) is 5.61. The number of nitrogens with one attached hydrogen (secondary N) is 2. The Hall–Kier alpha value is -4.07. The highest BCUT2D eigenvalue weighted by molar-refractivity contribution is 5.88. The molecule has 0 spiro atoms. The number of hydrogen-bond donors (Lipinski definition) is 2. The third kappa shape index (κ3) is 5.94. The second-order valence-electron chi connectivity index (χ2n) is 9.68. The zero-order valence-corrected chi connectivity index (χ0v) is 20.8. The minimum absolute atomic E-state index is 0.186. The van der Waals surface area contributed by atoms with Crippen molar-refractivity contribution in [2.24, 2.45) is 0 Å². The van der Waals surface area contributed by atoms with Gasteiger partial charge < -0.3 is 24.2 Å². The summed E-state index contributed by atoms with van der Waals surface area (Å²) in [4.78, 5) is 41.0. The van der Waals surface area contributed by atoms with Gasteiger partial charge in [-0.1, -0.05) is 31.5 Å². The first kappa shape index (κ1) is 25.0. The van der Waals surface area contributed by atoms with E-state index in [1.165, 1.54) is 12.1 Å². The highest BCUT2D eigenvalue weighted by atomic mass is 16.6. The molecule has 0 saturated heterocycles. The lowest BCUT2D eigenvalue weighted by Crippen LogP contribution is -2.46. The highest BCUT2D eigenvalue weighted by Crippen LogP contribution is 2.25. The SMILES string of the molecule is CCCc1cc(=O)oc2cc(OC(=O)[C@@H](Cc3c[nH]c4ccccc34)NC(=O)OC(C)(C)C)ccc12. The lowest BCUT2D eigenvalue weighted by atomic mass is 10.0. The first-order valence-electron chi connectivity index (χ1n) is 12.0. The maximum Gasteiger partial charge on any atom is 0.408 e. The second-order valence-corrected chi connectivity index (χ2v) is 9.68. The zero-order valence-electron chi connectivity index (χ0n) is 20.8. The Morgan fingerprint density at radius 2 is 1.83 bits per heavy atom. The summed E-state index contributed by atoms with van der Waals surface area (Å²) in [7, 11) is 0. The van der Waals surface area contributed by atoms with E-state index in [9.17, 15) is 14.4 Å². The molecule has 1 atom stereocenters. The second kappa shape index (κ2) is 10.3. The first-order valence-corrected chi connectivity index (χ1v) is 12.0. The summed E-state index contributed by atoms with van der Waals surface area (Å²) in [6.07, 6.45) is 2.88. The fourth-order valence-electron chi connectivity index (χ4n) is 4.10. The van der Waals surface area contributed by atoms with Crippen molar-refractivity contribution in [1.82, 2.24) is 10.3 Å². The number of H-pyrrole nitrogens is 1. The van der Waals surface area contributed by atoms with E-state index >= 15 is 0 Å². The van der Waals surface area contributed by atoms with Gasteiger partial charge in [0.2, 0.25) is 0 Å². The van der Waals surface area contributed by atoms with Crippen LogP contribution in [0.25, 0.3) is 21.9 Å². The molecule has 188 valence electrons. The first-order chi connectivity index (χ1) is 17.1. The molecular formula is C28H30N2O6. The largest absolute Gasteiger partial charge is 0.444 e. The quantitative estimate of drug-likeness (QED) is 0.207. The van der Waals surface area contributed by atoms with Crippen molar-refractivity contribution in [3.63, 3.8) is 0 Å². The van der Waals surface area contributed by atoms with Gasteiger partial charge in [-0.15, -0.1) is 0 Å². The Balaban J connectivity index is 1.61. The molecule has 0 radical (unpaired) electrons. The van der Waals surface area contributed by atoms with Gasteiger partial charge in [-0.05, 0) is 56.5 Å². The molecule has 2 aromatic carbocycles. The van der Waals surface area contributed by atoms with Crippen molar-refractivity contribution in [3.05, 3.63) is 76.3 Å². The molecule has 0 aliphatic carbocycles. The predicted octanol–water partition coefficient (Wildman–Crippen LogP) is 5.27. The molecular weight excluding hydrogens is 460 g/mol. The number of esters is 1. The van der Waals surface area contributed by atoms with E-state index in [4.69, 9.17) is 13.9 Å².